The fourth-order valence-electron chi connectivity index (χ4n) is 3.66. The number of likely N-dealkylation sites (tertiary alicyclic amines) is 1. The first-order chi connectivity index (χ1) is 11.4. The lowest BCUT2D eigenvalue weighted by Gasteiger charge is -2.32. The topological polar surface area (TPSA) is 44.5 Å². The van der Waals surface area contributed by atoms with Crippen molar-refractivity contribution in [2.75, 3.05) is 39.3 Å². The Kier molecular flexibility index (Phi) is 4.41. The lowest BCUT2D eigenvalue weighted by Crippen LogP contribution is -2.49. The summed E-state index contributed by atoms with van der Waals surface area (Å²) < 4.78 is 5.51. The Balaban J connectivity index is 1.35. The van der Waals surface area contributed by atoms with Crippen LogP contribution >= 0.6 is 0 Å². The summed E-state index contributed by atoms with van der Waals surface area (Å²) in [4.78, 5) is 5.13. The van der Waals surface area contributed by atoms with E-state index in [9.17, 15) is 0 Å². The SMILES string of the molecule is c1ccc(-c2cc(CN3CCC(N4CCNCC4)C3)no2)cc1. The first-order valence-corrected chi connectivity index (χ1v) is 8.56. The Labute approximate surface area is 137 Å². The first kappa shape index (κ1) is 14.9. The quantitative estimate of drug-likeness (QED) is 0.933. The molecule has 2 aliphatic heterocycles. The molecule has 2 aliphatic rings. The molecule has 1 aromatic carbocycles. The Morgan fingerprint density at radius 2 is 1.96 bits per heavy atom. The molecule has 5 nitrogen and oxygen atoms in total. The number of benzene rings is 1. The van der Waals surface area contributed by atoms with Crippen LogP contribution in [0.5, 0.6) is 0 Å². The summed E-state index contributed by atoms with van der Waals surface area (Å²) in [5.41, 5.74) is 2.12. The molecule has 1 aromatic heterocycles. The zero-order valence-corrected chi connectivity index (χ0v) is 13.4. The average Bonchev–Trinajstić information content (AvgIpc) is 3.27. The maximum absolute atomic E-state index is 5.51. The van der Waals surface area contributed by atoms with Gasteiger partial charge in [-0.25, -0.2) is 0 Å². The van der Waals surface area contributed by atoms with Crippen molar-refractivity contribution in [3.8, 4) is 11.3 Å². The normalized spacial score (nSPS) is 23.4. The number of piperazine rings is 1. The minimum atomic E-state index is 0.706. The summed E-state index contributed by atoms with van der Waals surface area (Å²) in [5, 5.41) is 7.68. The molecule has 0 bridgehead atoms. The second kappa shape index (κ2) is 6.83. The van der Waals surface area contributed by atoms with Gasteiger partial charge in [-0.2, -0.15) is 0 Å². The third-order valence-corrected chi connectivity index (χ3v) is 4.92. The van der Waals surface area contributed by atoms with Gasteiger partial charge in [0.15, 0.2) is 5.76 Å². The van der Waals surface area contributed by atoms with Gasteiger partial charge in [0.25, 0.3) is 0 Å². The van der Waals surface area contributed by atoms with E-state index in [1.807, 2.05) is 18.2 Å². The molecule has 0 spiro atoms. The molecule has 122 valence electrons. The minimum absolute atomic E-state index is 0.706. The van der Waals surface area contributed by atoms with E-state index in [2.05, 4.69) is 38.5 Å². The van der Waals surface area contributed by atoms with Crippen molar-refractivity contribution >= 4 is 0 Å². The molecule has 1 atom stereocenters. The van der Waals surface area contributed by atoms with Crippen LogP contribution in [0.4, 0.5) is 0 Å². The van der Waals surface area contributed by atoms with Gasteiger partial charge in [0, 0.05) is 63.5 Å². The van der Waals surface area contributed by atoms with Gasteiger partial charge in [-0.1, -0.05) is 35.5 Å². The summed E-state index contributed by atoms with van der Waals surface area (Å²) >= 11 is 0. The molecule has 0 radical (unpaired) electrons. The highest BCUT2D eigenvalue weighted by molar-refractivity contribution is 5.56. The van der Waals surface area contributed by atoms with Crippen molar-refractivity contribution in [1.82, 2.24) is 20.3 Å². The number of nitrogens with one attached hydrogen (secondary N) is 1. The summed E-state index contributed by atoms with van der Waals surface area (Å²) in [6.07, 6.45) is 1.27. The molecule has 3 heterocycles. The van der Waals surface area contributed by atoms with Gasteiger partial charge in [0.05, 0.1) is 5.69 Å². The highest BCUT2D eigenvalue weighted by Gasteiger charge is 2.28. The lowest BCUT2D eigenvalue weighted by molar-refractivity contribution is 0.170. The van der Waals surface area contributed by atoms with Gasteiger partial charge >= 0.3 is 0 Å². The van der Waals surface area contributed by atoms with Gasteiger partial charge in [-0.3, -0.25) is 9.80 Å². The summed E-state index contributed by atoms with van der Waals surface area (Å²) in [5.74, 6) is 0.860. The maximum Gasteiger partial charge on any atom is 0.167 e. The predicted molar refractivity (Wildman–Crippen MR) is 90.1 cm³/mol. The van der Waals surface area contributed by atoms with E-state index < -0.39 is 0 Å². The molecule has 5 heteroatoms. The minimum Gasteiger partial charge on any atom is -0.356 e. The molecule has 2 fully saturated rings. The number of nitrogens with zero attached hydrogens (tertiary/aromatic N) is 3. The second-order valence-corrected chi connectivity index (χ2v) is 6.51. The molecule has 0 aliphatic carbocycles. The van der Waals surface area contributed by atoms with Crippen molar-refractivity contribution in [3.63, 3.8) is 0 Å². The largest absolute Gasteiger partial charge is 0.356 e. The highest BCUT2D eigenvalue weighted by Crippen LogP contribution is 2.22. The summed E-state index contributed by atoms with van der Waals surface area (Å²) in [7, 11) is 0. The van der Waals surface area contributed by atoms with Crippen molar-refractivity contribution in [1.29, 1.82) is 0 Å². The van der Waals surface area contributed by atoms with E-state index >= 15 is 0 Å². The zero-order valence-electron chi connectivity index (χ0n) is 13.4. The Morgan fingerprint density at radius 1 is 1.13 bits per heavy atom. The van der Waals surface area contributed by atoms with Gasteiger partial charge in [0.2, 0.25) is 0 Å². The van der Waals surface area contributed by atoms with E-state index in [4.69, 9.17) is 4.52 Å². The molecular weight excluding hydrogens is 288 g/mol. The van der Waals surface area contributed by atoms with E-state index in [-0.39, 0.29) is 0 Å². The fourth-order valence-corrected chi connectivity index (χ4v) is 3.66. The number of aromatic nitrogens is 1. The van der Waals surface area contributed by atoms with E-state index in [0.717, 1.165) is 49.7 Å². The smallest absolute Gasteiger partial charge is 0.167 e. The van der Waals surface area contributed by atoms with Crippen LogP contribution in [0.25, 0.3) is 11.3 Å². The highest BCUT2D eigenvalue weighted by atomic mass is 16.5. The van der Waals surface area contributed by atoms with Crippen LogP contribution in [0, 0.1) is 0 Å². The van der Waals surface area contributed by atoms with Crippen LogP contribution in [0.15, 0.2) is 40.9 Å². The van der Waals surface area contributed by atoms with Crippen LogP contribution in [-0.2, 0) is 6.54 Å². The average molecular weight is 312 g/mol. The van der Waals surface area contributed by atoms with Crippen LogP contribution in [-0.4, -0.2) is 60.3 Å². The zero-order chi connectivity index (χ0) is 15.5. The van der Waals surface area contributed by atoms with Gasteiger partial charge in [-0.05, 0) is 6.42 Å². The molecule has 0 amide bonds. The Bertz CT molecular complexity index is 621. The molecule has 4 rings (SSSR count). The monoisotopic (exact) mass is 312 g/mol. The Hall–Kier alpha value is -1.69. The number of rotatable bonds is 4. The van der Waals surface area contributed by atoms with Gasteiger partial charge in [-0.15, -0.1) is 0 Å². The third kappa shape index (κ3) is 3.47. The third-order valence-electron chi connectivity index (χ3n) is 4.92. The first-order valence-electron chi connectivity index (χ1n) is 8.56. The summed E-state index contributed by atoms with van der Waals surface area (Å²) in [6.45, 7) is 7.80. The summed E-state index contributed by atoms with van der Waals surface area (Å²) in [6, 6.07) is 13.0. The lowest BCUT2D eigenvalue weighted by atomic mass is 10.1. The standard InChI is InChI=1S/C18H24N4O/c1-2-4-15(5-3-1)18-12-16(20-23-18)13-21-9-6-17(14-21)22-10-7-19-8-11-22/h1-5,12,17,19H,6-11,13-14H2. The van der Waals surface area contributed by atoms with Crippen LogP contribution in [0.2, 0.25) is 0 Å². The molecule has 2 saturated heterocycles. The van der Waals surface area contributed by atoms with Crippen LogP contribution in [0.3, 0.4) is 0 Å². The molecule has 1 N–H and O–H groups in total. The van der Waals surface area contributed by atoms with Gasteiger partial charge < -0.3 is 9.84 Å². The van der Waals surface area contributed by atoms with Gasteiger partial charge in [0.1, 0.15) is 0 Å². The number of hydrogen-bond donors (Lipinski definition) is 1. The predicted octanol–water partition coefficient (Wildman–Crippen LogP) is 1.82. The van der Waals surface area contributed by atoms with E-state index in [0.29, 0.717) is 6.04 Å². The molecule has 2 aromatic rings. The molecule has 0 saturated carbocycles. The number of hydrogen-bond acceptors (Lipinski definition) is 5. The molecule has 23 heavy (non-hydrogen) atoms. The maximum atomic E-state index is 5.51. The van der Waals surface area contributed by atoms with Crippen molar-refractivity contribution in [3.05, 3.63) is 42.1 Å². The van der Waals surface area contributed by atoms with Crippen molar-refractivity contribution in [2.45, 2.75) is 19.0 Å². The van der Waals surface area contributed by atoms with E-state index in [1.165, 1.54) is 19.5 Å². The van der Waals surface area contributed by atoms with Crippen molar-refractivity contribution < 1.29 is 4.52 Å². The fraction of sp³-hybridized carbons (Fsp3) is 0.500. The second-order valence-electron chi connectivity index (χ2n) is 6.51. The van der Waals surface area contributed by atoms with Crippen molar-refractivity contribution in [2.24, 2.45) is 0 Å². The molecular formula is C18H24N4O. The van der Waals surface area contributed by atoms with E-state index in [1.54, 1.807) is 0 Å². The Morgan fingerprint density at radius 3 is 2.78 bits per heavy atom. The van der Waals surface area contributed by atoms with Crippen LogP contribution < -0.4 is 5.32 Å². The molecule has 1 unspecified atom stereocenters. The van der Waals surface area contributed by atoms with Crippen LogP contribution in [0.1, 0.15) is 12.1 Å².